The molecule has 0 N–H and O–H groups in total. The van der Waals surface area contributed by atoms with Crippen molar-refractivity contribution >= 4 is 17.3 Å². The fourth-order valence-electron chi connectivity index (χ4n) is 1.48. The lowest BCUT2D eigenvalue weighted by Gasteiger charge is -2.06. The highest BCUT2D eigenvalue weighted by Crippen LogP contribution is 2.06. The predicted octanol–water partition coefficient (Wildman–Crippen LogP) is 4.88. The molecule has 0 fully saturated rings. The zero-order valence-electron chi connectivity index (χ0n) is 10.4. The van der Waals surface area contributed by atoms with Gasteiger partial charge in [-0.15, -0.1) is 0 Å². The number of unbranched alkanes of at least 4 members (excludes halogenated alkanes) is 6. The second kappa shape index (κ2) is 12.0. The highest BCUT2D eigenvalue weighted by Gasteiger charge is 1.97. The fraction of sp³-hybridized carbons (Fsp3) is 0.923. The second-order valence-electron chi connectivity index (χ2n) is 4.09. The zero-order chi connectivity index (χ0) is 11.4. The van der Waals surface area contributed by atoms with E-state index in [9.17, 15) is 0 Å². The van der Waals surface area contributed by atoms with Crippen molar-refractivity contribution in [2.45, 2.75) is 71.6 Å². The van der Waals surface area contributed by atoms with Gasteiger partial charge in [-0.2, -0.15) is 0 Å². The van der Waals surface area contributed by atoms with Crippen LogP contribution in [0.1, 0.15) is 71.6 Å². The van der Waals surface area contributed by atoms with E-state index < -0.39 is 0 Å². The minimum atomic E-state index is 0.822. The van der Waals surface area contributed by atoms with Crippen LogP contribution in [0.4, 0.5) is 0 Å². The number of hydrogen-bond donors (Lipinski definition) is 0. The third-order valence-corrected chi connectivity index (χ3v) is 2.82. The van der Waals surface area contributed by atoms with Crippen LogP contribution < -0.4 is 0 Å². The third-order valence-electron chi connectivity index (χ3n) is 2.50. The van der Waals surface area contributed by atoms with E-state index in [4.69, 9.17) is 17.0 Å². The first-order valence-corrected chi connectivity index (χ1v) is 6.87. The molecule has 0 atom stereocenters. The molecule has 0 amide bonds. The first-order valence-electron chi connectivity index (χ1n) is 6.46. The average molecular weight is 230 g/mol. The van der Waals surface area contributed by atoms with E-state index in [1.165, 1.54) is 44.9 Å². The van der Waals surface area contributed by atoms with Gasteiger partial charge in [-0.1, -0.05) is 52.4 Å². The van der Waals surface area contributed by atoms with Crippen molar-refractivity contribution in [1.29, 1.82) is 0 Å². The van der Waals surface area contributed by atoms with Crippen molar-refractivity contribution < 1.29 is 4.74 Å². The Morgan fingerprint density at radius 1 is 0.867 bits per heavy atom. The molecule has 0 saturated heterocycles. The molecule has 0 heterocycles. The minimum Gasteiger partial charge on any atom is -0.487 e. The van der Waals surface area contributed by atoms with Crippen molar-refractivity contribution in [1.82, 2.24) is 0 Å². The maximum atomic E-state index is 5.50. The maximum Gasteiger partial charge on any atom is 0.159 e. The molecule has 2 heteroatoms. The van der Waals surface area contributed by atoms with E-state index in [0.717, 1.165) is 24.5 Å². The number of thiocarbonyl (C=S) groups is 1. The standard InChI is InChI=1S/C13H26OS/c1-3-5-7-9-11-13(15)14-12-10-8-6-4-2/h3-12H2,1-2H3. The highest BCUT2D eigenvalue weighted by atomic mass is 32.1. The van der Waals surface area contributed by atoms with Gasteiger partial charge in [0, 0.05) is 6.42 Å². The van der Waals surface area contributed by atoms with Crippen molar-refractivity contribution in [3.05, 3.63) is 0 Å². The molecule has 0 spiro atoms. The molecule has 1 nitrogen and oxygen atoms in total. The summed E-state index contributed by atoms with van der Waals surface area (Å²) in [7, 11) is 0. The third kappa shape index (κ3) is 11.8. The van der Waals surface area contributed by atoms with E-state index >= 15 is 0 Å². The van der Waals surface area contributed by atoms with Gasteiger partial charge in [-0.05, 0) is 25.1 Å². The Hall–Kier alpha value is -0.110. The summed E-state index contributed by atoms with van der Waals surface area (Å²) >= 11 is 5.16. The second-order valence-corrected chi connectivity index (χ2v) is 4.55. The molecule has 0 bridgehead atoms. The van der Waals surface area contributed by atoms with Gasteiger partial charge in [0.25, 0.3) is 0 Å². The average Bonchev–Trinajstić information content (AvgIpc) is 2.24. The molecule has 0 unspecified atom stereocenters. The molecule has 0 aliphatic carbocycles. The van der Waals surface area contributed by atoms with Gasteiger partial charge in [0.15, 0.2) is 5.05 Å². The summed E-state index contributed by atoms with van der Waals surface area (Å²) in [6.07, 6.45) is 11.1. The molecule has 0 aromatic heterocycles. The monoisotopic (exact) mass is 230 g/mol. The van der Waals surface area contributed by atoms with E-state index in [2.05, 4.69) is 13.8 Å². The molecule has 0 aliphatic heterocycles. The minimum absolute atomic E-state index is 0.822. The van der Waals surface area contributed by atoms with Gasteiger partial charge in [0.05, 0.1) is 6.61 Å². The lowest BCUT2D eigenvalue weighted by Crippen LogP contribution is -2.03. The van der Waals surface area contributed by atoms with Crippen LogP contribution in [-0.2, 0) is 4.74 Å². The van der Waals surface area contributed by atoms with Crippen molar-refractivity contribution in [3.8, 4) is 0 Å². The van der Waals surface area contributed by atoms with Gasteiger partial charge >= 0.3 is 0 Å². The Balaban J connectivity index is 3.11. The van der Waals surface area contributed by atoms with Crippen molar-refractivity contribution in [3.63, 3.8) is 0 Å². The SMILES string of the molecule is CCCCCCOC(=S)CCCCCC. The summed E-state index contributed by atoms with van der Waals surface area (Å²) in [4.78, 5) is 0. The van der Waals surface area contributed by atoms with E-state index in [0.29, 0.717) is 0 Å². The van der Waals surface area contributed by atoms with Crippen LogP contribution in [0, 0.1) is 0 Å². The van der Waals surface area contributed by atoms with Crippen LogP contribution in [0.3, 0.4) is 0 Å². The first kappa shape index (κ1) is 14.9. The van der Waals surface area contributed by atoms with E-state index in [-0.39, 0.29) is 0 Å². The quantitative estimate of drug-likeness (QED) is 0.391. The summed E-state index contributed by atoms with van der Waals surface area (Å²) in [5, 5.41) is 0.822. The maximum absolute atomic E-state index is 5.50. The summed E-state index contributed by atoms with van der Waals surface area (Å²) < 4.78 is 5.50. The van der Waals surface area contributed by atoms with Crippen LogP contribution in [-0.4, -0.2) is 11.7 Å². The van der Waals surface area contributed by atoms with Crippen molar-refractivity contribution in [2.75, 3.05) is 6.61 Å². The molecule has 0 aromatic carbocycles. The molecule has 0 saturated carbocycles. The zero-order valence-corrected chi connectivity index (χ0v) is 11.2. The lowest BCUT2D eigenvalue weighted by molar-refractivity contribution is 0.291. The van der Waals surface area contributed by atoms with Crippen molar-refractivity contribution in [2.24, 2.45) is 0 Å². The normalized spacial score (nSPS) is 10.3. The molecule has 0 radical (unpaired) electrons. The van der Waals surface area contributed by atoms with Crippen LogP contribution in [0.5, 0.6) is 0 Å². The predicted molar refractivity (Wildman–Crippen MR) is 71.5 cm³/mol. The number of rotatable bonds is 10. The Labute approximate surface area is 101 Å². The first-order chi connectivity index (χ1) is 7.31. The Morgan fingerprint density at radius 2 is 1.47 bits per heavy atom. The Kier molecular flexibility index (Phi) is 11.9. The van der Waals surface area contributed by atoms with E-state index in [1.807, 2.05) is 0 Å². The molecule has 15 heavy (non-hydrogen) atoms. The van der Waals surface area contributed by atoms with Crippen LogP contribution in [0.15, 0.2) is 0 Å². The van der Waals surface area contributed by atoms with Crippen LogP contribution in [0.2, 0.25) is 0 Å². The molecule has 0 aromatic rings. The molecule has 90 valence electrons. The molecule has 0 rings (SSSR count). The highest BCUT2D eigenvalue weighted by molar-refractivity contribution is 7.80. The Bertz CT molecular complexity index is 145. The van der Waals surface area contributed by atoms with Crippen LogP contribution >= 0.6 is 12.2 Å². The van der Waals surface area contributed by atoms with Gasteiger partial charge in [0.2, 0.25) is 0 Å². The van der Waals surface area contributed by atoms with Gasteiger partial charge in [0.1, 0.15) is 0 Å². The van der Waals surface area contributed by atoms with E-state index in [1.54, 1.807) is 0 Å². The molecular weight excluding hydrogens is 204 g/mol. The topological polar surface area (TPSA) is 9.23 Å². The van der Waals surface area contributed by atoms with Gasteiger partial charge < -0.3 is 4.74 Å². The van der Waals surface area contributed by atoms with Gasteiger partial charge in [-0.25, -0.2) is 0 Å². The summed E-state index contributed by atoms with van der Waals surface area (Å²) in [6, 6.07) is 0. The largest absolute Gasteiger partial charge is 0.487 e. The number of ether oxygens (including phenoxy) is 1. The molecule has 0 aliphatic rings. The number of hydrogen-bond acceptors (Lipinski definition) is 2. The summed E-state index contributed by atoms with van der Waals surface area (Å²) in [6.45, 7) is 5.27. The fourth-order valence-corrected chi connectivity index (χ4v) is 1.71. The molecular formula is C13H26OS. The summed E-state index contributed by atoms with van der Waals surface area (Å²) in [5.74, 6) is 0. The lowest BCUT2D eigenvalue weighted by atomic mass is 10.2. The van der Waals surface area contributed by atoms with Crippen LogP contribution in [0.25, 0.3) is 0 Å². The summed E-state index contributed by atoms with van der Waals surface area (Å²) in [5.41, 5.74) is 0. The Morgan fingerprint density at radius 3 is 2.07 bits per heavy atom. The smallest absolute Gasteiger partial charge is 0.159 e. The van der Waals surface area contributed by atoms with Gasteiger partial charge in [-0.3, -0.25) is 0 Å².